The number of carbonyl (C=O) groups excluding carboxylic acids is 2. The molecule has 0 radical (unpaired) electrons. The van der Waals surface area contributed by atoms with Gasteiger partial charge in [0.2, 0.25) is 0 Å². The first-order valence-corrected chi connectivity index (χ1v) is 6.30. The second kappa shape index (κ2) is 6.48. The Bertz CT molecular complexity index is 645. The normalized spacial score (nSPS) is 10.4. The first kappa shape index (κ1) is 13.7. The molecule has 0 heterocycles. The van der Waals surface area contributed by atoms with E-state index in [1.54, 1.807) is 30.3 Å². The molecule has 2 amide bonds. The first-order chi connectivity index (χ1) is 9.65. The van der Waals surface area contributed by atoms with Crippen LogP contribution in [0.5, 0.6) is 0 Å². The van der Waals surface area contributed by atoms with Crippen molar-refractivity contribution in [3.8, 4) is 0 Å². The third-order valence-corrected chi connectivity index (χ3v) is 2.74. The molecule has 2 rings (SSSR count). The van der Waals surface area contributed by atoms with Crippen molar-refractivity contribution >= 4 is 17.9 Å². The van der Waals surface area contributed by atoms with Gasteiger partial charge in [-0.25, -0.2) is 0 Å². The van der Waals surface area contributed by atoms with Crippen molar-refractivity contribution in [1.82, 2.24) is 5.32 Å². The van der Waals surface area contributed by atoms with Gasteiger partial charge in [0.25, 0.3) is 11.8 Å². The molecule has 1 N–H and O–H groups in total. The van der Waals surface area contributed by atoms with Crippen LogP contribution in [0, 0.1) is 6.92 Å². The number of carbonyl (C=O) groups is 2. The Kier molecular flexibility index (Phi) is 4.45. The molecule has 0 fully saturated rings. The molecule has 20 heavy (non-hydrogen) atoms. The molecule has 0 unspecified atom stereocenters. The van der Waals surface area contributed by atoms with Crippen LogP contribution in [0.25, 0.3) is 6.08 Å². The summed E-state index contributed by atoms with van der Waals surface area (Å²) in [5.74, 6) is -0.829. The lowest BCUT2D eigenvalue weighted by molar-refractivity contribution is -0.115. The summed E-state index contributed by atoms with van der Waals surface area (Å²) in [6, 6.07) is 16.4. The van der Waals surface area contributed by atoms with Crippen LogP contribution < -0.4 is 5.32 Å². The van der Waals surface area contributed by atoms with Gasteiger partial charge in [0, 0.05) is 11.6 Å². The average Bonchev–Trinajstić information content (AvgIpc) is 2.46. The van der Waals surface area contributed by atoms with Gasteiger partial charge in [-0.2, -0.15) is 0 Å². The number of aryl methyl sites for hydroxylation is 1. The number of rotatable bonds is 3. The zero-order valence-electron chi connectivity index (χ0n) is 11.2. The summed E-state index contributed by atoms with van der Waals surface area (Å²) in [6.07, 6.45) is 3.04. The number of benzene rings is 2. The van der Waals surface area contributed by atoms with E-state index in [4.69, 9.17) is 0 Å². The molecule has 0 aromatic heterocycles. The number of imide groups is 1. The van der Waals surface area contributed by atoms with Crippen molar-refractivity contribution in [1.29, 1.82) is 0 Å². The summed E-state index contributed by atoms with van der Waals surface area (Å²) in [5.41, 5.74) is 2.50. The monoisotopic (exact) mass is 265 g/mol. The van der Waals surface area contributed by atoms with Crippen LogP contribution in [-0.2, 0) is 4.79 Å². The van der Waals surface area contributed by atoms with E-state index in [1.807, 2.05) is 37.3 Å². The highest BCUT2D eigenvalue weighted by Gasteiger charge is 2.06. The predicted octanol–water partition coefficient (Wildman–Crippen LogP) is 2.96. The van der Waals surface area contributed by atoms with Crippen molar-refractivity contribution < 1.29 is 9.59 Å². The molecule has 0 aliphatic heterocycles. The molecule has 2 aromatic rings. The summed E-state index contributed by atoms with van der Waals surface area (Å²) in [4.78, 5) is 23.4. The average molecular weight is 265 g/mol. The topological polar surface area (TPSA) is 46.2 Å². The second-order valence-corrected chi connectivity index (χ2v) is 4.43. The molecule has 0 aliphatic rings. The standard InChI is InChI=1S/C17H15NO2/c1-13-6-5-7-14(12-13)10-11-16(19)18-17(20)15-8-3-2-4-9-15/h2-12H,1H3,(H,18,19,20)/b11-10+. The summed E-state index contributed by atoms with van der Waals surface area (Å²) in [6.45, 7) is 1.98. The Hall–Kier alpha value is -2.68. The lowest BCUT2D eigenvalue weighted by Crippen LogP contribution is -2.28. The van der Waals surface area contributed by atoms with Gasteiger partial charge in [0.05, 0.1) is 0 Å². The molecule has 3 heteroatoms. The highest BCUT2D eigenvalue weighted by atomic mass is 16.2. The fourth-order valence-corrected chi connectivity index (χ4v) is 1.76. The quantitative estimate of drug-likeness (QED) is 0.867. The number of nitrogens with one attached hydrogen (secondary N) is 1. The van der Waals surface area contributed by atoms with E-state index in [2.05, 4.69) is 5.32 Å². The van der Waals surface area contributed by atoms with Crippen LogP contribution in [0.4, 0.5) is 0 Å². The summed E-state index contributed by atoms with van der Waals surface area (Å²) < 4.78 is 0. The third-order valence-electron chi connectivity index (χ3n) is 2.74. The van der Waals surface area contributed by atoms with Gasteiger partial charge < -0.3 is 0 Å². The fraction of sp³-hybridized carbons (Fsp3) is 0.0588. The zero-order valence-corrected chi connectivity index (χ0v) is 11.2. The van der Waals surface area contributed by atoms with Crippen molar-refractivity contribution in [2.75, 3.05) is 0 Å². The Balaban J connectivity index is 1.98. The largest absolute Gasteiger partial charge is 0.289 e. The molecule has 0 saturated heterocycles. The molecule has 0 bridgehead atoms. The zero-order chi connectivity index (χ0) is 14.4. The lowest BCUT2D eigenvalue weighted by Gasteiger charge is -2.00. The first-order valence-electron chi connectivity index (χ1n) is 6.30. The molecule has 0 spiro atoms. The van der Waals surface area contributed by atoms with E-state index in [9.17, 15) is 9.59 Å². The molecule has 2 aromatic carbocycles. The fourth-order valence-electron chi connectivity index (χ4n) is 1.76. The molecule has 0 aliphatic carbocycles. The predicted molar refractivity (Wildman–Crippen MR) is 79.1 cm³/mol. The van der Waals surface area contributed by atoms with Crippen LogP contribution in [-0.4, -0.2) is 11.8 Å². The van der Waals surface area contributed by atoms with E-state index in [0.717, 1.165) is 11.1 Å². The molecule has 3 nitrogen and oxygen atoms in total. The van der Waals surface area contributed by atoms with Crippen LogP contribution in [0.3, 0.4) is 0 Å². The smallest absolute Gasteiger partial charge is 0.258 e. The van der Waals surface area contributed by atoms with Gasteiger partial charge in [-0.3, -0.25) is 14.9 Å². The minimum atomic E-state index is -0.430. The Morgan fingerprint density at radius 1 is 1.00 bits per heavy atom. The van der Waals surface area contributed by atoms with Crippen LogP contribution in [0.1, 0.15) is 21.5 Å². The second-order valence-electron chi connectivity index (χ2n) is 4.43. The minimum absolute atomic E-state index is 0.399. The molecular weight excluding hydrogens is 250 g/mol. The van der Waals surface area contributed by atoms with Crippen molar-refractivity contribution in [3.63, 3.8) is 0 Å². The van der Waals surface area contributed by atoms with Crippen molar-refractivity contribution in [3.05, 3.63) is 77.4 Å². The van der Waals surface area contributed by atoms with Gasteiger partial charge >= 0.3 is 0 Å². The van der Waals surface area contributed by atoms with Crippen molar-refractivity contribution in [2.24, 2.45) is 0 Å². The van der Waals surface area contributed by atoms with Crippen LogP contribution in [0.2, 0.25) is 0 Å². The van der Waals surface area contributed by atoms with Gasteiger partial charge in [-0.05, 0) is 30.7 Å². The van der Waals surface area contributed by atoms with Gasteiger partial charge in [-0.15, -0.1) is 0 Å². The number of hydrogen-bond acceptors (Lipinski definition) is 2. The lowest BCUT2D eigenvalue weighted by atomic mass is 10.1. The Morgan fingerprint density at radius 2 is 1.75 bits per heavy atom. The third kappa shape index (κ3) is 3.92. The summed E-state index contributed by atoms with van der Waals surface area (Å²) in [7, 11) is 0. The maximum atomic E-state index is 11.8. The van der Waals surface area contributed by atoms with E-state index in [0.29, 0.717) is 5.56 Å². The SMILES string of the molecule is Cc1cccc(/C=C/C(=O)NC(=O)c2ccccc2)c1. The van der Waals surface area contributed by atoms with Crippen LogP contribution >= 0.6 is 0 Å². The number of hydrogen-bond donors (Lipinski definition) is 1. The van der Waals surface area contributed by atoms with E-state index in [1.165, 1.54) is 6.08 Å². The minimum Gasteiger partial charge on any atom is -0.289 e. The van der Waals surface area contributed by atoms with E-state index < -0.39 is 11.8 Å². The number of amides is 2. The molecule has 0 saturated carbocycles. The van der Waals surface area contributed by atoms with Crippen molar-refractivity contribution in [2.45, 2.75) is 6.92 Å². The van der Waals surface area contributed by atoms with E-state index in [-0.39, 0.29) is 0 Å². The maximum Gasteiger partial charge on any atom is 0.258 e. The highest BCUT2D eigenvalue weighted by molar-refractivity contribution is 6.09. The van der Waals surface area contributed by atoms with Gasteiger partial charge in [0.15, 0.2) is 0 Å². The van der Waals surface area contributed by atoms with Gasteiger partial charge in [-0.1, -0.05) is 48.0 Å². The Labute approximate surface area is 117 Å². The molecular formula is C17H15NO2. The Morgan fingerprint density at radius 3 is 2.45 bits per heavy atom. The summed E-state index contributed by atoms with van der Waals surface area (Å²) >= 11 is 0. The maximum absolute atomic E-state index is 11.8. The van der Waals surface area contributed by atoms with Crippen LogP contribution in [0.15, 0.2) is 60.7 Å². The van der Waals surface area contributed by atoms with Gasteiger partial charge in [0.1, 0.15) is 0 Å². The summed E-state index contributed by atoms with van der Waals surface area (Å²) in [5, 5.41) is 2.32. The molecule has 100 valence electrons. The highest BCUT2D eigenvalue weighted by Crippen LogP contribution is 2.05. The molecule has 0 atom stereocenters. The van der Waals surface area contributed by atoms with E-state index >= 15 is 0 Å².